The van der Waals surface area contributed by atoms with Crippen molar-refractivity contribution in [1.29, 1.82) is 0 Å². The van der Waals surface area contributed by atoms with E-state index < -0.39 is 0 Å². The van der Waals surface area contributed by atoms with Gasteiger partial charge in [-0.3, -0.25) is 4.79 Å². The lowest BCUT2D eigenvalue weighted by molar-refractivity contribution is -0.124. The molecule has 0 spiro atoms. The van der Waals surface area contributed by atoms with Crippen molar-refractivity contribution in [3.8, 4) is 11.5 Å². The van der Waals surface area contributed by atoms with Gasteiger partial charge in [0.15, 0.2) is 6.61 Å². The second-order valence-electron chi connectivity index (χ2n) is 7.49. The van der Waals surface area contributed by atoms with Crippen LogP contribution in [0.25, 0.3) is 0 Å². The van der Waals surface area contributed by atoms with E-state index in [1.54, 1.807) is 12.3 Å². The zero-order valence-electron chi connectivity index (χ0n) is 17.5. The largest absolute Gasteiger partial charge is 0.492 e. The third-order valence-corrected chi connectivity index (χ3v) is 5.47. The number of piperidine rings is 1. The first-order valence-corrected chi connectivity index (χ1v) is 11.0. The Hall–Kier alpha value is -2.31. The van der Waals surface area contributed by atoms with Gasteiger partial charge in [-0.1, -0.05) is 30.7 Å². The van der Waals surface area contributed by atoms with Crippen LogP contribution in [-0.4, -0.2) is 54.7 Å². The van der Waals surface area contributed by atoms with Crippen LogP contribution in [0.4, 0.5) is 0 Å². The van der Waals surface area contributed by atoms with Gasteiger partial charge < -0.3 is 19.7 Å². The molecule has 7 heteroatoms. The Morgan fingerprint density at radius 3 is 2.53 bits per heavy atom. The summed E-state index contributed by atoms with van der Waals surface area (Å²) in [6.45, 7) is 5.76. The van der Waals surface area contributed by atoms with Crippen LogP contribution in [-0.2, 0) is 11.2 Å². The Morgan fingerprint density at radius 1 is 1.13 bits per heavy atom. The Morgan fingerprint density at radius 2 is 1.87 bits per heavy atom. The number of amides is 1. The number of aromatic nitrogens is 1. The molecule has 1 fully saturated rings. The predicted molar refractivity (Wildman–Crippen MR) is 118 cm³/mol. The summed E-state index contributed by atoms with van der Waals surface area (Å²) in [7, 11) is 0. The van der Waals surface area contributed by atoms with Crippen LogP contribution in [0.2, 0.25) is 5.15 Å². The number of carbonyl (C=O) groups is 1. The van der Waals surface area contributed by atoms with Gasteiger partial charge in [0.2, 0.25) is 0 Å². The number of benzene rings is 1. The van der Waals surface area contributed by atoms with Crippen LogP contribution < -0.4 is 14.8 Å². The molecule has 1 amide bonds. The fourth-order valence-electron chi connectivity index (χ4n) is 3.47. The number of pyridine rings is 1. The number of halogens is 1. The summed E-state index contributed by atoms with van der Waals surface area (Å²) in [5, 5.41) is 3.56. The van der Waals surface area contributed by atoms with E-state index in [4.69, 9.17) is 21.1 Å². The molecule has 0 saturated carbocycles. The minimum atomic E-state index is -0.0574. The van der Waals surface area contributed by atoms with Gasteiger partial charge in [-0.2, -0.15) is 0 Å². The van der Waals surface area contributed by atoms with Gasteiger partial charge in [0.1, 0.15) is 16.7 Å². The SMILES string of the molecule is CCc1ccc(OCC(=O)NC2CCN(CCCOc3ccc(Cl)nc3)CC2)cc1. The van der Waals surface area contributed by atoms with Crippen molar-refractivity contribution in [3.05, 3.63) is 53.3 Å². The highest BCUT2D eigenvalue weighted by Crippen LogP contribution is 2.15. The minimum absolute atomic E-state index is 0.0574. The predicted octanol–water partition coefficient (Wildman–Crippen LogP) is 3.73. The summed E-state index contributed by atoms with van der Waals surface area (Å²) in [4.78, 5) is 18.6. The molecule has 1 aliphatic heterocycles. The van der Waals surface area contributed by atoms with Crippen molar-refractivity contribution in [1.82, 2.24) is 15.2 Å². The Bertz CT molecular complexity index is 775. The van der Waals surface area contributed by atoms with Gasteiger partial charge in [-0.15, -0.1) is 0 Å². The lowest BCUT2D eigenvalue weighted by Gasteiger charge is -2.32. The molecule has 1 N–H and O–H groups in total. The lowest BCUT2D eigenvalue weighted by Crippen LogP contribution is -2.46. The number of carbonyl (C=O) groups excluding carboxylic acids is 1. The topological polar surface area (TPSA) is 63.7 Å². The van der Waals surface area contributed by atoms with Crippen LogP contribution in [0.3, 0.4) is 0 Å². The maximum absolute atomic E-state index is 12.2. The third kappa shape index (κ3) is 7.50. The summed E-state index contributed by atoms with van der Waals surface area (Å²) in [5.74, 6) is 1.41. The normalized spacial score (nSPS) is 15.0. The number of likely N-dealkylation sites (tertiary alicyclic amines) is 1. The van der Waals surface area contributed by atoms with Crippen molar-refractivity contribution >= 4 is 17.5 Å². The fourth-order valence-corrected chi connectivity index (χ4v) is 3.58. The first-order valence-electron chi connectivity index (χ1n) is 10.6. The van der Waals surface area contributed by atoms with Crippen LogP contribution in [0.15, 0.2) is 42.6 Å². The smallest absolute Gasteiger partial charge is 0.258 e. The fraction of sp³-hybridized carbons (Fsp3) is 0.478. The van der Waals surface area contributed by atoms with Gasteiger partial charge in [0.25, 0.3) is 5.91 Å². The zero-order chi connectivity index (χ0) is 21.2. The number of aryl methyl sites for hydroxylation is 1. The van der Waals surface area contributed by atoms with E-state index in [-0.39, 0.29) is 18.6 Å². The van der Waals surface area contributed by atoms with E-state index in [1.165, 1.54) is 5.56 Å². The first kappa shape index (κ1) is 22.4. The maximum Gasteiger partial charge on any atom is 0.258 e. The van der Waals surface area contributed by atoms with Crippen molar-refractivity contribution in [2.75, 3.05) is 32.8 Å². The third-order valence-electron chi connectivity index (χ3n) is 5.24. The minimum Gasteiger partial charge on any atom is -0.492 e. The van der Waals surface area contributed by atoms with E-state index in [9.17, 15) is 4.79 Å². The molecule has 162 valence electrons. The molecule has 1 aromatic carbocycles. The number of hydrogen-bond donors (Lipinski definition) is 1. The first-order chi connectivity index (χ1) is 14.6. The van der Waals surface area contributed by atoms with E-state index in [0.717, 1.165) is 56.8 Å². The van der Waals surface area contributed by atoms with Gasteiger partial charge in [-0.25, -0.2) is 4.98 Å². The van der Waals surface area contributed by atoms with Gasteiger partial charge in [0, 0.05) is 25.7 Å². The number of nitrogens with one attached hydrogen (secondary N) is 1. The van der Waals surface area contributed by atoms with Crippen molar-refractivity contribution < 1.29 is 14.3 Å². The zero-order valence-corrected chi connectivity index (χ0v) is 18.2. The number of nitrogens with zero attached hydrogens (tertiary/aromatic N) is 2. The summed E-state index contributed by atoms with van der Waals surface area (Å²) < 4.78 is 11.3. The van der Waals surface area contributed by atoms with Crippen LogP contribution in [0.5, 0.6) is 11.5 Å². The van der Waals surface area contributed by atoms with Crippen LogP contribution in [0.1, 0.15) is 31.7 Å². The quantitative estimate of drug-likeness (QED) is 0.458. The molecule has 0 radical (unpaired) electrons. The molecule has 1 aromatic heterocycles. The summed E-state index contributed by atoms with van der Waals surface area (Å²) in [5.41, 5.74) is 1.26. The highest BCUT2D eigenvalue weighted by atomic mass is 35.5. The molecule has 0 bridgehead atoms. The lowest BCUT2D eigenvalue weighted by atomic mass is 10.0. The molecule has 0 unspecified atom stereocenters. The molecule has 0 atom stereocenters. The standard InChI is InChI=1S/C23H30ClN3O3/c1-2-18-4-6-20(7-5-18)30-17-23(28)26-19-10-13-27(14-11-19)12-3-15-29-21-8-9-22(24)25-16-21/h4-9,16,19H,2-3,10-15,17H2,1H3,(H,26,28). The van der Waals surface area contributed by atoms with E-state index >= 15 is 0 Å². The van der Waals surface area contributed by atoms with Crippen molar-refractivity contribution in [2.24, 2.45) is 0 Å². The van der Waals surface area contributed by atoms with E-state index in [2.05, 4.69) is 22.1 Å². The highest BCUT2D eigenvalue weighted by molar-refractivity contribution is 6.29. The molecule has 0 aliphatic carbocycles. The van der Waals surface area contributed by atoms with E-state index in [0.29, 0.717) is 11.8 Å². The van der Waals surface area contributed by atoms with Gasteiger partial charge >= 0.3 is 0 Å². The molecule has 6 nitrogen and oxygen atoms in total. The van der Waals surface area contributed by atoms with Crippen LogP contribution >= 0.6 is 11.6 Å². The van der Waals surface area contributed by atoms with Crippen LogP contribution in [0, 0.1) is 0 Å². The molecule has 3 rings (SSSR count). The molecule has 30 heavy (non-hydrogen) atoms. The van der Waals surface area contributed by atoms with Crippen molar-refractivity contribution in [3.63, 3.8) is 0 Å². The van der Waals surface area contributed by atoms with Crippen molar-refractivity contribution in [2.45, 2.75) is 38.6 Å². The summed E-state index contributed by atoms with van der Waals surface area (Å²) in [6, 6.07) is 11.7. The second kappa shape index (κ2) is 11.8. The van der Waals surface area contributed by atoms with E-state index in [1.807, 2.05) is 30.3 Å². The second-order valence-corrected chi connectivity index (χ2v) is 7.88. The number of ether oxygens (including phenoxy) is 2. The summed E-state index contributed by atoms with van der Waals surface area (Å²) in [6.07, 6.45) is 5.49. The Kier molecular flexibility index (Phi) is 8.78. The maximum atomic E-state index is 12.2. The summed E-state index contributed by atoms with van der Waals surface area (Å²) >= 11 is 5.77. The highest BCUT2D eigenvalue weighted by Gasteiger charge is 2.20. The molecule has 1 aliphatic rings. The van der Waals surface area contributed by atoms with Gasteiger partial charge in [-0.05, 0) is 55.5 Å². The average Bonchev–Trinajstić information content (AvgIpc) is 2.78. The average molecular weight is 432 g/mol. The number of rotatable bonds is 10. The monoisotopic (exact) mass is 431 g/mol. The molecular formula is C23H30ClN3O3. The molecule has 2 heterocycles. The van der Waals surface area contributed by atoms with Gasteiger partial charge in [0.05, 0.1) is 12.8 Å². The molecule has 1 saturated heterocycles. The molecule has 2 aromatic rings. The number of hydrogen-bond acceptors (Lipinski definition) is 5. The Labute approximate surface area is 183 Å². The molecular weight excluding hydrogens is 402 g/mol. The Balaban J connectivity index is 1.26.